The van der Waals surface area contributed by atoms with Gasteiger partial charge in [0.25, 0.3) is 11.8 Å². The number of nitrogens with zero attached hydrogens (tertiary/aromatic N) is 2. The summed E-state index contributed by atoms with van der Waals surface area (Å²) < 4.78 is 13.5. The van der Waals surface area contributed by atoms with Crippen molar-refractivity contribution in [1.29, 1.82) is 0 Å². The van der Waals surface area contributed by atoms with Crippen molar-refractivity contribution >= 4 is 34.5 Å². The normalized spacial score (nSPS) is 20.7. The maximum atomic E-state index is 13.5. The molecule has 0 radical (unpaired) electrons. The van der Waals surface area contributed by atoms with E-state index in [0.717, 1.165) is 29.5 Å². The van der Waals surface area contributed by atoms with E-state index < -0.39 is 11.9 Å². The lowest BCUT2D eigenvalue weighted by Gasteiger charge is -2.32. The Labute approximate surface area is 206 Å². The quantitative estimate of drug-likeness (QED) is 0.553. The van der Waals surface area contributed by atoms with Gasteiger partial charge in [-0.05, 0) is 66.6 Å². The van der Waals surface area contributed by atoms with Crippen LogP contribution in [0.5, 0.6) is 0 Å². The van der Waals surface area contributed by atoms with Gasteiger partial charge in [0.2, 0.25) is 11.8 Å². The van der Waals surface area contributed by atoms with Gasteiger partial charge in [-0.2, -0.15) is 0 Å². The van der Waals surface area contributed by atoms with Crippen molar-refractivity contribution in [1.82, 2.24) is 20.1 Å². The van der Waals surface area contributed by atoms with E-state index in [0.29, 0.717) is 42.7 Å². The van der Waals surface area contributed by atoms with E-state index in [-0.39, 0.29) is 35.9 Å². The van der Waals surface area contributed by atoms with E-state index in [9.17, 15) is 23.6 Å². The molecule has 1 unspecified atom stereocenters. The molecule has 3 aliphatic heterocycles. The Morgan fingerprint density at radius 1 is 0.972 bits per heavy atom. The number of hydrogen-bond acceptors (Lipinski definition) is 4. The highest BCUT2D eigenvalue weighted by molar-refractivity contribution is 6.05. The van der Waals surface area contributed by atoms with Crippen LogP contribution in [0.25, 0.3) is 10.9 Å². The highest BCUT2D eigenvalue weighted by atomic mass is 19.1. The molecule has 2 aromatic carbocycles. The van der Waals surface area contributed by atoms with Gasteiger partial charge in [-0.3, -0.25) is 24.5 Å². The fraction of sp³-hybridized carbons (Fsp3) is 0.333. The second kappa shape index (κ2) is 8.58. The number of amides is 4. The fourth-order valence-corrected chi connectivity index (χ4v) is 5.65. The zero-order valence-corrected chi connectivity index (χ0v) is 19.6. The molecule has 36 heavy (non-hydrogen) atoms. The Hall–Kier alpha value is -4.01. The Bertz CT molecular complexity index is 1420. The van der Waals surface area contributed by atoms with Crippen LogP contribution in [-0.4, -0.2) is 57.5 Å². The Morgan fingerprint density at radius 3 is 2.56 bits per heavy atom. The molecule has 3 aliphatic rings. The van der Waals surface area contributed by atoms with Gasteiger partial charge in [0.15, 0.2) is 0 Å². The van der Waals surface area contributed by atoms with Crippen LogP contribution in [-0.2, 0) is 16.1 Å². The van der Waals surface area contributed by atoms with E-state index in [2.05, 4.69) is 10.3 Å². The number of rotatable bonds is 3. The molecule has 2 saturated heterocycles. The van der Waals surface area contributed by atoms with Gasteiger partial charge in [0.05, 0.1) is 0 Å². The number of nitrogens with one attached hydrogen (secondary N) is 2. The maximum Gasteiger partial charge on any atom is 0.270 e. The molecule has 1 atom stereocenters. The lowest BCUT2D eigenvalue weighted by atomic mass is 9.88. The van der Waals surface area contributed by atoms with E-state index >= 15 is 0 Å². The minimum absolute atomic E-state index is 0.0931. The van der Waals surface area contributed by atoms with Crippen LogP contribution < -0.4 is 5.32 Å². The first-order valence-corrected chi connectivity index (χ1v) is 12.2. The monoisotopic (exact) mass is 488 g/mol. The predicted octanol–water partition coefficient (Wildman–Crippen LogP) is 3.09. The Kier molecular flexibility index (Phi) is 5.35. The molecular formula is C27H25FN4O4. The topological polar surface area (TPSA) is 103 Å². The molecule has 1 aromatic heterocycles. The molecule has 184 valence electrons. The number of carbonyl (C=O) groups is 4. The number of H-pyrrole nitrogens is 1. The van der Waals surface area contributed by atoms with Crippen molar-refractivity contribution in [3.63, 3.8) is 0 Å². The number of fused-ring (bicyclic) bond motifs is 2. The number of halogens is 1. The first-order valence-electron chi connectivity index (χ1n) is 12.2. The standard InChI is InChI=1S/C27H25FN4O4/c28-19-2-4-21-17(12-19)13-22(29-21)27(36)31-9-7-15(8-10-31)16-1-3-20-18(11-16)14-32(26(20)35)23-5-6-24(33)30-25(23)34/h1-4,11-13,15,23,29H,5-10,14H2,(H,30,33,34). The summed E-state index contributed by atoms with van der Waals surface area (Å²) in [5.41, 5.74) is 3.81. The number of aromatic amines is 1. The average Bonchev–Trinajstić information content (AvgIpc) is 3.44. The second-order valence-electron chi connectivity index (χ2n) is 9.80. The summed E-state index contributed by atoms with van der Waals surface area (Å²) in [5, 5.41) is 3.00. The van der Waals surface area contributed by atoms with Gasteiger partial charge in [-0.15, -0.1) is 0 Å². The smallest absolute Gasteiger partial charge is 0.270 e. The number of piperidine rings is 2. The van der Waals surface area contributed by atoms with Crippen LogP contribution in [0.4, 0.5) is 4.39 Å². The summed E-state index contributed by atoms with van der Waals surface area (Å²) in [6.07, 6.45) is 2.16. The predicted molar refractivity (Wildman–Crippen MR) is 129 cm³/mol. The van der Waals surface area contributed by atoms with Crippen molar-refractivity contribution in [2.75, 3.05) is 13.1 Å². The third kappa shape index (κ3) is 3.84. The van der Waals surface area contributed by atoms with Gasteiger partial charge >= 0.3 is 0 Å². The third-order valence-corrected chi connectivity index (χ3v) is 7.61. The summed E-state index contributed by atoms with van der Waals surface area (Å²) >= 11 is 0. The number of imide groups is 1. The van der Waals surface area contributed by atoms with Gasteiger partial charge < -0.3 is 14.8 Å². The Morgan fingerprint density at radius 2 is 1.78 bits per heavy atom. The van der Waals surface area contributed by atoms with Crippen LogP contribution in [0.1, 0.15) is 63.6 Å². The van der Waals surface area contributed by atoms with Gasteiger partial charge in [0.1, 0.15) is 17.6 Å². The minimum atomic E-state index is -0.624. The molecular weight excluding hydrogens is 463 g/mol. The molecule has 0 spiro atoms. The molecule has 4 amide bonds. The molecule has 6 rings (SSSR count). The highest BCUT2D eigenvalue weighted by Gasteiger charge is 2.39. The number of hydrogen-bond donors (Lipinski definition) is 2. The van der Waals surface area contributed by atoms with Crippen molar-refractivity contribution < 1.29 is 23.6 Å². The SMILES string of the molecule is O=C1CCC(N2Cc3cc(C4CCN(C(=O)c5cc6cc(F)ccc6[nH]5)CC4)ccc3C2=O)C(=O)N1. The van der Waals surface area contributed by atoms with Crippen LogP contribution in [0, 0.1) is 5.82 Å². The molecule has 0 aliphatic carbocycles. The maximum absolute atomic E-state index is 13.5. The van der Waals surface area contributed by atoms with E-state index in [4.69, 9.17) is 0 Å². The first kappa shape index (κ1) is 22.5. The van der Waals surface area contributed by atoms with Gasteiger partial charge in [-0.1, -0.05) is 12.1 Å². The zero-order valence-electron chi connectivity index (χ0n) is 19.6. The minimum Gasteiger partial charge on any atom is -0.351 e. The summed E-state index contributed by atoms with van der Waals surface area (Å²) in [7, 11) is 0. The number of likely N-dealkylation sites (tertiary alicyclic amines) is 1. The summed E-state index contributed by atoms with van der Waals surface area (Å²) in [5.74, 6) is -1.06. The van der Waals surface area contributed by atoms with Crippen LogP contribution in [0.15, 0.2) is 42.5 Å². The highest BCUT2D eigenvalue weighted by Crippen LogP contribution is 2.34. The number of aromatic nitrogens is 1. The average molecular weight is 489 g/mol. The molecule has 4 heterocycles. The molecule has 0 saturated carbocycles. The molecule has 2 fully saturated rings. The Balaban J connectivity index is 1.12. The third-order valence-electron chi connectivity index (χ3n) is 7.61. The van der Waals surface area contributed by atoms with Gasteiger partial charge in [0, 0.05) is 42.5 Å². The van der Waals surface area contributed by atoms with Crippen molar-refractivity contribution in [3.8, 4) is 0 Å². The van der Waals surface area contributed by atoms with Gasteiger partial charge in [-0.25, -0.2) is 4.39 Å². The second-order valence-corrected chi connectivity index (χ2v) is 9.80. The summed E-state index contributed by atoms with van der Waals surface area (Å²) in [6.45, 7) is 1.56. The summed E-state index contributed by atoms with van der Waals surface area (Å²) in [6, 6.07) is 11.3. The molecule has 9 heteroatoms. The lowest BCUT2D eigenvalue weighted by Crippen LogP contribution is -2.52. The zero-order chi connectivity index (χ0) is 25.0. The molecule has 8 nitrogen and oxygen atoms in total. The van der Waals surface area contributed by atoms with E-state index in [1.54, 1.807) is 17.0 Å². The fourth-order valence-electron chi connectivity index (χ4n) is 5.65. The number of carbonyl (C=O) groups excluding carboxylic acids is 4. The van der Waals surface area contributed by atoms with Crippen LogP contribution >= 0.6 is 0 Å². The van der Waals surface area contributed by atoms with E-state index in [1.807, 2.05) is 23.1 Å². The molecule has 3 aromatic rings. The largest absolute Gasteiger partial charge is 0.351 e. The molecule has 0 bridgehead atoms. The van der Waals surface area contributed by atoms with Crippen molar-refractivity contribution in [3.05, 3.63) is 70.7 Å². The summed E-state index contributed by atoms with van der Waals surface area (Å²) in [4.78, 5) is 56.2. The lowest BCUT2D eigenvalue weighted by molar-refractivity contribution is -0.136. The van der Waals surface area contributed by atoms with Crippen LogP contribution in [0.3, 0.4) is 0 Å². The van der Waals surface area contributed by atoms with Crippen molar-refractivity contribution in [2.24, 2.45) is 0 Å². The first-order chi connectivity index (χ1) is 17.4. The number of benzene rings is 2. The van der Waals surface area contributed by atoms with Crippen molar-refractivity contribution in [2.45, 2.75) is 44.2 Å². The van der Waals surface area contributed by atoms with Crippen LogP contribution in [0.2, 0.25) is 0 Å². The molecule has 2 N–H and O–H groups in total. The van der Waals surface area contributed by atoms with E-state index in [1.165, 1.54) is 12.1 Å².